The van der Waals surface area contributed by atoms with Gasteiger partial charge in [-0.1, -0.05) is 43.5 Å². The summed E-state index contributed by atoms with van der Waals surface area (Å²) >= 11 is 5.82. The number of halogens is 1. The van der Waals surface area contributed by atoms with Gasteiger partial charge in [-0.15, -0.1) is 0 Å². The molecular weight excluding hydrogens is 284 g/mol. The fraction of sp³-hybridized carbons (Fsp3) is 0.412. The summed E-state index contributed by atoms with van der Waals surface area (Å²) in [5.74, 6) is 0.185. The first-order chi connectivity index (χ1) is 10.1. The summed E-state index contributed by atoms with van der Waals surface area (Å²) in [5.41, 5.74) is 0.929. The van der Waals surface area contributed by atoms with E-state index in [2.05, 4.69) is 12.2 Å². The molecule has 0 aromatic heterocycles. The average Bonchev–Trinajstić information content (AvgIpc) is 2.49. The third-order valence-electron chi connectivity index (χ3n) is 3.97. The van der Waals surface area contributed by atoms with Crippen molar-refractivity contribution in [2.45, 2.75) is 38.6 Å². The summed E-state index contributed by atoms with van der Waals surface area (Å²) in [6.45, 7) is 2.15. The zero-order valence-corrected chi connectivity index (χ0v) is 12.9. The van der Waals surface area contributed by atoms with Crippen molar-refractivity contribution in [3.05, 3.63) is 40.4 Å². The molecule has 1 saturated carbocycles. The Hall–Kier alpha value is -1.79. The molecule has 3 nitrogen and oxygen atoms in total. The minimum atomic E-state index is -0.286. The van der Waals surface area contributed by atoms with E-state index in [1.165, 1.54) is 6.42 Å². The van der Waals surface area contributed by atoms with Crippen LogP contribution in [0.2, 0.25) is 5.02 Å². The first-order valence-electron chi connectivity index (χ1n) is 7.28. The number of carbonyl (C=O) groups excluding carboxylic acids is 1. The second-order valence-corrected chi connectivity index (χ2v) is 6.00. The van der Waals surface area contributed by atoms with E-state index in [0.29, 0.717) is 10.9 Å². The van der Waals surface area contributed by atoms with Crippen LogP contribution in [0.3, 0.4) is 0 Å². The largest absolute Gasteiger partial charge is 0.348 e. The summed E-state index contributed by atoms with van der Waals surface area (Å²) < 4.78 is 0. The lowest BCUT2D eigenvalue weighted by Gasteiger charge is -2.29. The lowest BCUT2D eigenvalue weighted by atomic mass is 9.86. The standard InChI is InChI=1S/C17H19ClN2O/c1-12-4-2-3-5-16(12)20-17(21)14(11-19)10-13-6-8-15(18)9-7-13/h6-10,12,16H,2-5H2,1H3,(H,20,21)/b14-10+. The number of hydrogen-bond acceptors (Lipinski definition) is 2. The maximum absolute atomic E-state index is 12.2. The molecule has 4 heteroatoms. The third-order valence-corrected chi connectivity index (χ3v) is 4.23. The molecule has 0 saturated heterocycles. The molecule has 0 spiro atoms. The summed E-state index contributed by atoms with van der Waals surface area (Å²) in [7, 11) is 0. The summed E-state index contributed by atoms with van der Waals surface area (Å²) in [4.78, 5) is 12.2. The monoisotopic (exact) mass is 302 g/mol. The highest BCUT2D eigenvalue weighted by atomic mass is 35.5. The minimum absolute atomic E-state index is 0.134. The van der Waals surface area contributed by atoms with Crippen molar-refractivity contribution in [3.8, 4) is 6.07 Å². The topological polar surface area (TPSA) is 52.9 Å². The molecule has 1 aromatic rings. The van der Waals surface area contributed by atoms with Gasteiger partial charge in [0.2, 0.25) is 0 Å². The van der Waals surface area contributed by atoms with E-state index >= 15 is 0 Å². The van der Waals surface area contributed by atoms with E-state index in [1.807, 2.05) is 6.07 Å². The van der Waals surface area contributed by atoms with Crippen molar-refractivity contribution < 1.29 is 4.79 Å². The molecule has 110 valence electrons. The maximum Gasteiger partial charge on any atom is 0.262 e. The number of nitriles is 1. The van der Waals surface area contributed by atoms with E-state index in [4.69, 9.17) is 11.6 Å². The predicted molar refractivity (Wildman–Crippen MR) is 84.6 cm³/mol. The van der Waals surface area contributed by atoms with Gasteiger partial charge in [0.05, 0.1) is 0 Å². The van der Waals surface area contributed by atoms with Crippen LogP contribution >= 0.6 is 11.6 Å². The second kappa shape index (κ2) is 7.28. The Bertz CT molecular complexity index is 571. The Morgan fingerprint density at radius 2 is 2.00 bits per heavy atom. The zero-order valence-electron chi connectivity index (χ0n) is 12.1. The molecule has 0 heterocycles. The quantitative estimate of drug-likeness (QED) is 0.679. The molecule has 1 aliphatic carbocycles. The van der Waals surface area contributed by atoms with Gasteiger partial charge in [0, 0.05) is 11.1 Å². The molecule has 0 bridgehead atoms. The van der Waals surface area contributed by atoms with Crippen LogP contribution < -0.4 is 5.32 Å². The Kier molecular flexibility index (Phi) is 5.41. The predicted octanol–water partition coefficient (Wildman–Crippen LogP) is 3.94. The van der Waals surface area contributed by atoms with Crippen molar-refractivity contribution in [2.75, 3.05) is 0 Å². The van der Waals surface area contributed by atoms with E-state index in [-0.39, 0.29) is 17.5 Å². The molecule has 2 atom stereocenters. The van der Waals surface area contributed by atoms with Gasteiger partial charge in [-0.05, 0) is 42.5 Å². The fourth-order valence-corrected chi connectivity index (χ4v) is 2.78. The van der Waals surface area contributed by atoms with Crippen LogP contribution in [-0.2, 0) is 4.79 Å². The molecule has 1 fully saturated rings. The number of nitrogens with zero attached hydrogens (tertiary/aromatic N) is 1. The Balaban J connectivity index is 2.08. The first-order valence-corrected chi connectivity index (χ1v) is 7.66. The number of nitrogens with one attached hydrogen (secondary N) is 1. The van der Waals surface area contributed by atoms with Gasteiger partial charge in [-0.2, -0.15) is 5.26 Å². The third kappa shape index (κ3) is 4.34. The molecule has 1 aromatic carbocycles. The minimum Gasteiger partial charge on any atom is -0.348 e. The number of carbonyl (C=O) groups is 1. The van der Waals surface area contributed by atoms with Gasteiger partial charge in [0.1, 0.15) is 11.6 Å². The van der Waals surface area contributed by atoms with Crippen molar-refractivity contribution in [2.24, 2.45) is 5.92 Å². The number of amides is 1. The van der Waals surface area contributed by atoms with Gasteiger partial charge in [-0.25, -0.2) is 0 Å². The van der Waals surface area contributed by atoms with Crippen molar-refractivity contribution >= 4 is 23.6 Å². The SMILES string of the molecule is CC1CCCCC1NC(=O)/C(C#N)=C/c1ccc(Cl)cc1. The summed E-state index contributed by atoms with van der Waals surface area (Å²) in [6, 6.07) is 9.21. The number of benzene rings is 1. The van der Waals surface area contributed by atoms with Gasteiger partial charge < -0.3 is 5.32 Å². The van der Waals surface area contributed by atoms with Crippen LogP contribution in [0.25, 0.3) is 6.08 Å². The van der Waals surface area contributed by atoms with Crippen molar-refractivity contribution in [1.29, 1.82) is 5.26 Å². The van der Waals surface area contributed by atoms with Crippen LogP contribution in [-0.4, -0.2) is 11.9 Å². The molecule has 1 amide bonds. The fourth-order valence-electron chi connectivity index (χ4n) is 2.65. The van der Waals surface area contributed by atoms with Gasteiger partial charge in [0.25, 0.3) is 5.91 Å². The lowest BCUT2D eigenvalue weighted by Crippen LogP contribution is -2.41. The summed E-state index contributed by atoms with van der Waals surface area (Å²) in [5, 5.41) is 12.8. The zero-order chi connectivity index (χ0) is 15.2. The van der Waals surface area contributed by atoms with Gasteiger partial charge >= 0.3 is 0 Å². The maximum atomic E-state index is 12.2. The Morgan fingerprint density at radius 3 is 2.62 bits per heavy atom. The molecule has 0 aliphatic heterocycles. The second-order valence-electron chi connectivity index (χ2n) is 5.56. The van der Waals surface area contributed by atoms with Crippen molar-refractivity contribution in [3.63, 3.8) is 0 Å². The highest BCUT2D eigenvalue weighted by Crippen LogP contribution is 2.24. The Morgan fingerprint density at radius 1 is 1.33 bits per heavy atom. The van der Waals surface area contributed by atoms with E-state index in [0.717, 1.165) is 24.8 Å². The van der Waals surface area contributed by atoms with E-state index < -0.39 is 0 Å². The van der Waals surface area contributed by atoms with E-state index in [9.17, 15) is 10.1 Å². The number of rotatable bonds is 3. The molecule has 2 rings (SSSR count). The van der Waals surface area contributed by atoms with Gasteiger partial charge in [-0.3, -0.25) is 4.79 Å². The summed E-state index contributed by atoms with van der Waals surface area (Å²) in [6.07, 6.45) is 6.08. The molecule has 2 unspecified atom stereocenters. The van der Waals surface area contributed by atoms with Crippen LogP contribution in [0.4, 0.5) is 0 Å². The molecule has 0 radical (unpaired) electrons. The highest BCUT2D eigenvalue weighted by Gasteiger charge is 2.23. The van der Waals surface area contributed by atoms with Crippen LogP contribution in [0.5, 0.6) is 0 Å². The molecular formula is C17H19ClN2O. The number of hydrogen-bond donors (Lipinski definition) is 1. The molecule has 1 N–H and O–H groups in total. The highest BCUT2D eigenvalue weighted by molar-refractivity contribution is 6.30. The van der Waals surface area contributed by atoms with Crippen LogP contribution in [0.15, 0.2) is 29.8 Å². The molecule has 21 heavy (non-hydrogen) atoms. The average molecular weight is 303 g/mol. The Labute approximate surface area is 130 Å². The van der Waals surface area contributed by atoms with E-state index in [1.54, 1.807) is 30.3 Å². The normalized spacial score (nSPS) is 22.4. The first kappa shape index (κ1) is 15.6. The smallest absolute Gasteiger partial charge is 0.262 e. The lowest BCUT2D eigenvalue weighted by molar-refractivity contribution is -0.118. The van der Waals surface area contributed by atoms with Gasteiger partial charge in [0.15, 0.2) is 0 Å². The van der Waals surface area contributed by atoms with Crippen molar-refractivity contribution in [1.82, 2.24) is 5.32 Å². The molecule has 1 aliphatic rings. The van der Waals surface area contributed by atoms with Crippen LogP contribution in [0.1, 0.15) is 38.2 Å². The van der Waals surface area contributed by atoms with Crippen LogP contribution in [0, 0.1) is 17.2 Å².